The molecule has 0 atom stereocenters. The number of halogens is 1. The molecule has 26 heavy (non-hydrogen) atoms. The van der Waals surface area contributed by atoms with Crippen molar-refractivity contribution in [3.8, 4) is 5.75 Å². The van der Waals surface area contributed by atoms with Crippen LogP contribution in [-0.4, -0.2) is 25.5 Å². The summed E-state index contributed by atoms with van der Waals surface area (Å²) in [5, 5.41) is 15.3. The number of guanidine groups is 1. The number of nitrogens with one attached hydrogen (secondary N) is 3. The molecule has 0 aliphatic rings. The summed E-state index contributed by atoms with van der Waals surface area (Å²) in [4.78, 5) is 13.5. The molecule has 0 unspecified atom stereocenters. The highest BCUT2D eigenvalue weighted by Gasteiger charge is 2.15. The molecule has 140 valence electrons. The molecule has 5 nitrogen and oxygen atoms in total. The van der Waals surface area contributed by atoms with Gasteiger partial charge in [-0.15, -0.1) is 11.3 Å². The molecule has 0 aliphatic heterocycles. The summed E-state index contributed by atoms with van der Waals surface area (Å²) in [5.41, 5.74) is 1.72. The van der Waals surface area contributed by atoms with Gasteiger partial charge in [-0.1, -0.05) is 29.8 Å². The predicted molar refractivity (Wildman–Crippen MR) is 110 cm³/mol. The van der Waals surface area contributed by atoms with Crippen molar-refractivity contribution < 1.29 is 9.53 Å². The molecule has 0 saturated carbocycles. The zero-order valence-corrected chi connectivity index (χ0v) is 17.6. The average molecular weight is 438 g/mol. The molecular weight excluding hydrogens is 414 g/mol. The van der Waals surface area contributed by atoms with Crippen LogP contribution in [-0.2, 0) is 12.8 Å². The SMILES string of the molecule is COc1ccc(Br)cc1CCc1sccc1C(=O)NC(=N)NCC(C)C. The second-order valence-corrected chi connectivity index (χ2v) is 8.23. The topological polar surface area (TPSA) is 74.2 Å². The van der Waals surface area contributed by atoms with Crippen LogP contribution in [0, 0.1) is 11.3 Å². The van der Waals surface area contributed by atoms with Crippen LogP contribution in [0.25, 0.3) is 0 Å². The Labute approximate surface area is 166 Å². The monoisotopic (exact) mass is 437 g/mol. The largest absolute Gasteiger partial charge is 0.496 e. The third-order valence-electron chi connectivity index (χ3n) is 3.78. The molecular formula is C19H24BrN3O2S. The number of hydrogen-bond acceptors (Lipinski definition) is 4. The smallest absolute Gasteiger partial charge is 0.259 e. The average Bonchev–Trinajstić information content (AvgIpc) is 3.07. The van der Waals surface area contributed by atoms with Crippen LogP contribution in [0.3, 0.4) is 0 Å². The molecule has 1 amide bonds. The van der Waals surface area contributed by atoms with E-state index in [1.807, 2.05) is 29.6 Å². The van der Waals surface area contributed by atoms with E-state index in [0.29, 0.717) is 18.0 Å². The molecule has 0 spiro atoms. The summed E-state index contributed by atoms with van der Waals surface area (Å²) in [6.45, 7) is 4.75. The van der Waals surface area contributed by atoms with Crippen molar-refractivity contribution >= 4 is 39.1 Å². The van der Waals surface area contributed by atoms with Gasteiger partial charge >= 0.3 is 0 Å². The van der Waals surface area contributed by atoms with E-state index in [9.17, 15) is 4.79 Å². The highest BCUT2D eigenvalue weighted by molar-refractivity contribution is 9.10. The summed E-state index contributed by atoms with van der Waals surface area (Å²) in [5.74, 6) is 1.04. The summed E-state index contributed by atoms with van der Waals surface area (Å²) >= 11 is 5.04. The second-order valence-electron chi connectivity index (χ2n) is 6.32. The molecule has 0 fully saturated rings. The molecule has 1 heterocycles. The van der Waals surface area contributed by atoms with E-state index in [1.165, 1.54) is 0 Å². The Kier molecular flexibility index (Phi) is 7.66. The van der Waals surface area contributed by atoms with E-state index in [1.54, 1.807) is 18.4 Å². The Bertz CT molecular complexity index is 774. The van der Waals surface area contributed by atoms with Gasteiger partial charge in [-0.05, 0) is 54.0 Å². The van der Waals surface area contributed by atoms with Crippen molar-refractivity contribution in [3.05, 3.63) is 50.1 Å². The van der Waals surface area contributed by atoms with E-state index in [-0.39, 0.29) is 11.9 Å². The lowest BCUT2D eigenvalue weighted by molar-refractivity contribution is 0.0975. The van der Waals surface area contributed by atoms with Crippen LogP contribution >= 0.6 is 27.3 Å². The van der Waals surface area contributed by atoms with Gasteiger partial charge in [0.2, 0.25) is 0 Å². The number of aryl methyl sites for hydroxylation is 2. The van der Waals surface area contributed by atoms with Gasteiger partial charge in [0.05, 0.1) is 12.7 Å². The number of benzene rings is 1. The van der Waals surface area contributed by atoms with Crippen molar-refractivity contribution in [2.45, 2.75) is 26.7 Å². The summed E-state index contributed by atoms with van der Waals surface area (Å²) in [7, 11) is 1.66. The zero-order chi connectivity index (χ0) is 19.1. The number of hydrogen-bond donors (Lipinski definition) is 3. The standard InChI is InChI=1S/C19H24BrN3O2S/c1-12(2)11-22-19(21)23-18(24)15-8-9-26-17(15)7-4-13-10-14(20)5-6-16(13)25-3/h5-6,8-10,12H,4,7,11H2,1-3H3,(H3,21,22,23,24). The minimum Gasteiger partial charge on any atom is -0.496 e. The minimum atomic E-state index is -0.247. The number of ether oxygens (including phenoxy) is 1. The molecule has 1 aromatic heterocycles. The summed E-state index contributed by atoms with van der Waals surface area (Å²) in [6.07, 6.45) is 1.51. The fourth-order valence-electron chi connectivity index (χ4n) is 2.46. The lowest BCUT2D eigenvalue weighted by atomic mass is 10.1. The van der Waals surface area contributed by atoms with Crippen LogP contribution in [0.1, 0.15) is 34.6 Å². The van der Waals surface area contributed by atoms with Gasteiger partial charge < -0.3 is 10.1 Å². The maximum absolute atomic E-state index is 12.5. The van der Waals surface area contributed by atoms with Gasteiger partial charge in [0.1, 0.15) is 5.75 Å². The predicted octanol–water partition coefficient (Wildman–Crippen LogP) is 4.21. The van der Waals surface area contributed by atoms with Crippen LogP contribution in [0.2, 0.25) is 0 Å². The Balaban J connectivity index is 2.01. The number of carbonyl (C=O) groups excluding carboxylic acids is 1. The second kappa shape index (κ2) is 9.73. The highest BCUT2D eigenvalue weighted by atomic mass is 79.9. The van der Waals surface area contributed by atoms with Crippen LogP contribution < -0.4 is 15.4 Å². The molecule has 2 rings (SSSR count). The zero-order valence-electron chi connectivity index (χ0n) is 15.2. The summed E-state index contributed by atoms with van der Waals surface area (Å²) in [6, 6.07) is 7.73. The Hall–Kier alpha value is -1.86. The number of thiophene rings is 1. The summed E-state index contributed by atoms with van der Waals surface area (Å²) < 4.78 is 6.42. The van der Waals surface area contributed by atoms with Crippen LogP contribution in [0.5, 0.6) is 5.75 Å². The van der Waals surface area contributed by atoms with Gasteiger partial charge in [-0.2, -0.15) is 0 Å². The van der Waals surface area contributed by atoms with E-state index in [0.717, 1.165) is 33.5 Å². The molecule has 0 radical (unpaired) electrons. The maximum Gasteiger partial charge on any atom is 0.259 e. The van der Waals surface area contributed by atoms with Crippen LogP contribution in [0.4, 0.5) is 0 Å². The number of methoxy groups -OCH3 is 1. The van der Waals surface area contributed by atoms with E-state index in [2.05, 4.69) is 40.4 Å². The van der Waals surface area contributed by atoms with Gasteiger partial charge in [0.15, 0.2) is 5.96 Å². The number of carbonyl (C=O) groups is 1. The third-order valence-corrected chi connectivity index (χ3v) is 5.25. The van der Waals surface area contributed by atoms with Gasteiger partial charge in [-0.25, -0.2) is 0 Å². The third kappa shape index (κ3) is 5.85. The Morgan fingerprint density at radius 1 is 1.31 bits per heavy atom. The van der Waals surface area contributed by atoms with E-state index >= 15 is 0 Å². The number of rotatable bonds is 7. The fourth-order valence-corrected chi connectivity index (χ4v) is 3.74. The fraction of sp³-hybridized carbons (Fsp3) is 0.368. The maximum atomic E-state index is 12.5. The Morgan fingerprint density at radius 2 is 2.08 bits per heavy atom. The molecule has 1 aromatic carbocycles. The Morgan fingerprint density at radius 3 is 2.77 bits per heavy atom. The van der Waals surface area contributed by atoms with Gasteiger partial charge in [-0.3, -0.25) is 15.5 Å². The lowest BCUT2D eigenvalue weighted by Crippen LogP contribution is -2.41. The first kappa shape index (κ1) is 20.5. The lowest BCUT2D eigenvalue weighted by Gasteiger charge is -2.12. The van der Waals surface area contributed by atoms with Crippen molar-refractivity contribution in [2.24, 2.45) is 5.92 Å². The molecule has 7 heteroatoms. The molecule has 2 aromatic rings. The highest BCUT2D eigenvalue weighted by Crippen LogP contribution is 2.26. The molecule has 0 bridgehead atoms. The van der Waals surface area contributed by atoms with E-state index < -0.39 is 0 Å². The molecule has 0 aliphatic carbocycles. The van der Waals surface area contributed by atoms with Crippen LogP contribution in [0.15, 0.2) is 34.1 Å². The van der Waals surface area contributed by atoms with E-state index in [4.69, 9.17) is 10.1 Å². The van der Waals surface area contributed by atoms with Gasteiger partial charge in [0.25, 0.3) is 5.91 Å². The van der Waals surface area contributed by atoms with Gasteiger partial charge in [0, 0.05) is 15.9 Å². The minimum absolute atomic E-state index is 0.0366. The quantitative estimate of drug-likeness (QED) is 0.448. The first-order valence-corrected chi connectivity index (χ1v) is 10.1. The van der Waals surface area contributed by atoms with Crippen molar-refractivity contribution in [2.75, 3.05) is 13.7 Å². The molecule has 3 N–H and O–H groups in total. The normalized spacial score (nSPS) is 10.7. The van der Waals surface area contributed by atoms with Crippen molar-refractivity contribution in [1.82, 2.24) is 10.6 Å². The first-order valence-electron chi connectivity index (χ1n) is 8.43. The first-order chi connectivity index (χ1) is 12.4. The molecule has 0 saturated heterocycles. The van der Waals surface area contributed by atoms with Crippen molar-refractivity contribution in [3.63, 3.8) is 0 Å². The van der Waals surface area contributed by atoms with Crippen molar-refractivity contribution in [1.29, 1.82) is 5.41 Å². The number of amides is 1.